The lowest BCUT2D eigenvalue weighted by molar-refractivity contribution is -0.131. The number of nitrogens with one attached hydrogen (secondary N) is 1. The van der Waals surface area contributed by atoms with Gasteiger partial charge in [0.1, 0.15) is 11.7 Å². The van der Waals surface area contributed by atoms with Gasteiger partial charge in [0.25, 0.3) is 0 Å². The van der Waals surface area contributed by atoms with Crippen LogP contribution in [0.15, 0.2) is 24.3 Å². The highest BCUT2D eigenvalue weighted by Crippen LogP contribution is 2.46. The topological polar surface area (TPSA) is 41.6 Å². The van der Waals surface area contributed by atoms with Crippen molar-refractivity contribution in [2.75, 3.05) is 20.3 Å². The molecular formula is C15H19ClN2O2. The summed E-state index contributed by atoms with van der Waals surface area (Å²) in [4.78, 5) is 14.5. The quantitative estimate of drug-likeness (QED) is 0.848. The van der Waals surface area contributed by atoms with Gasteiger partial charge in [-0.15, -0.1) is 0 Å². The van der Waals surface area contributed by atoms with E-state index in [4.69, 9.17) is 16.3 Å². The Balaban J connectivity index is 1.81. The molecule has 1 unspecified atom stereocenters. The molecule has 1 aliphatic carbocycles. The average molecular weight is 295 g/mol. The maximum absolute atomic E-state index is 12.5. The third-order valence-electron chi connectivity index (χ3n) is 4.06. The standard InChI is InChI=1S/C15H19ClN2O2/c1-20-9-3-8-18-13(11-4-2-5-12(16)10-11)17-15(6-7-15)14(18)19/h2,4-5,10,13,17H,3,6-9H2,1H3. The zero-order valence-corrected chi connectivity index (χ0v) is 12.3. The van der Waals surface area contributed by atoms with Crippen molar-refractivity contribution in [1.29, 1.82) is 0 Å². The summed E-state index contributed by atoms with van der Waals surface area (Å²) in [7, 11) is 1.68. The number of nitrogens with zero attached hydrogens (tertiary/aromatic N) is 1. The van der Waals surface area contributed by atoms with Crippen LogP contribution in [0.5, 0.6) is 0 Å². The van der Waals surface area contributed by atoms with Crippen molar-refractivity contribution in [3.63, 3.8) is 0 Å². The SMILES string of the molecule is COCCCN1C(=O)C2(CC2)NC1c1cccc(Cl)c1. The monoisotopic (exact) mass is 294 g/mol. The van der Waals surface area contributed by atoms with Crippen LogP contribution in [0.4, 0.5) is 0 Å². The molecule has 1 N–H and O–H groups in total. The molecular weight excluding hydrogens is 276 g/mol. The summed E-state index contributed by atoms with van der Waals surface area (Å²) < 4.78 is 5.09. The lowest BCUT2D eigenvalue weighted by Gasteiger charge is -2.24. The first kappa shape index (κ1) is 13.9. The Hall–Kier alpha value is -1.10. The lowest BCUT2D eigenvalue weighted by atomic mass is 10.1. The number of benzene rings is 1. The van der Waals surface area contributed by atoms with Crippen LogP contribution >= 0.6 is 11.6 Å². The van der Waals surface area contributed by atoms with E-state index in [1.165, 1.54) is 0 Å². The summed E-state index contributed by atoms with van der Waals surface area (Å²) in [5, 5.41) is 4.19. The van der Waals surface area contributed by atoms with Gasteiger partial charge in [-0.3, -0.25) is 10.1 Å². The zero-order chi connectivity index (χ0) is 14.2. The fourth-order valence-corrected chi connectivity index (χ4v) is 3.03. The number of amides is 1. The Morgan fingerprint density at radius 3 is 2.95 bits per heavy atom. The Morgan fingerprint density at radius 1 is 1.50 bits per heavy atom. The van der Waals surface area contributed by atoms with Crippen LogP contribution in [0.1, 0.15) is 31.0 Å². The number of carbonyl (C=O) groups is 1. The molecule has 1 spiro atoms. The van der Waals surface area contributed by atoms with Gasteiger partial charge in [0.15, 0.2) is 0 Å². The van der Waals surface area contributed by atoms with Crippen molar-refractivity contribution < 1.29 is 9.53 Å². The summed E-state index contributed by atoms with van der Waals surface area (Å²) in [5.41, 5.74) is 0.743. The van der Waals surface area contributed by atoms with E-state index in [9.17, 15) is 4.79 Å². The molecule has 1 aromatic rings. The summed E-state index contributed by atoms with van der Waals surface area (Å²) >= 11 is 6.07. The van der Waals surface area contributed by atoms with E-state index in [1.54, 1.807) is 7.11 Å². The highest BCUT2D eigenvalue weighted by Gasteiger charge is 2.59. The molecule has 5 heteroatoms. The average Bonchev–Trinajstić information content (AvgIpc) is 3.16. The lowest BCUT2D eigenvalue weighted by Crippen LogP contribution is -2.33. The first-order chi connectivity index (χ1) is 9.66. The molecule has 4 nitrogen and oxygen atoms in total. The van der Waals surface area contributed by atoms with Gasteiger partial charge in [-0.25, -0.2) is 0 Å². The smallest absolute Gasteiger partial charge is 0.244 e. The van der Waals surface area contributed by atoms with E-state index >= 15 is 0 Å². The van der Waals surface area contributed by atoms with Crippen LogP contribution in [0.25, 0.3) is 0 Å². The second kappa shape index (κ2) is 5.35. The van der Waals surface area contributed by atoms with E-state index in [2.05, 4.69) is 5.32 Å². The molecule has 20 heavy (non-hydrogen) atoms. The molecule has 0 radical (unpaired) electrons. The van der Waals surface area contributed by atoms with Crippen LogP contribution in [-0.2, 0) is 9.53 Å². The Kier molecular flexibility index (Phi) is 3.71. The molecule has 108 valence electrons. The largest absolute Gasteiger partial charge is 0.385 e. The van der Waals surface area contributed by atoms with Crippen molar-refractivity contribution in [3.8, 4) is 0 Å². The number of carbonyl (C=O) groups excluding carboxylic acids is 1. The highest BCUT2D eigenvalue weighted by atomic mass is 35.5. The maximum Gasteiger partial charge on any atom is 0.244 e. The van der Waals surface area contributed by atoms with Gasteiger partial charge in [0.05, 0.1) is 0 Å². The van der Waals surface area contributed by atoms with E-state index in [-0.39, 0.29) is 17.6 Å². The summed E-state index contributed by atoms with van der Waals surface area (Å²) in [5.74, 6) is 0.221. The third-order valence-corrected chi connectivity index (χ3v) is 4.29. The second-order valence-electron chi connectivity index (χ2n) is 5.53. The number of rotatable bonds is 5. The van der Waals surface area contributed by atoms with Gasteiger partial charge < -0.3 is 9.64 Å². The molecule has 0 bridgehead atoms. The fourth-order valence-electron chi connectivity index (χ4n) is 2.83. The predicted octanol–water partition coefficient (Wildman–Crippen LogP) is 2.34. The van der Waals surface area contributed by atoms with E-state index < -0.39 is 0 Å². The second-order valence-corrected chi connectivity index (χ2v) is 5.97. The molecule has 1 saturated carbocycles. The Morgan fingerprint density at radius 2 is 2.30 bits per heavy atom. The van der Waals surface area contributed by atoms with E-state index in [0.717, 1.165) is 24.8 Å². The molecule has 1 heterocycles. The molecule has 1 atom stereocenters. The minimum absolute atomic E-state index is 0.0689. The van der Waals surface area contributed by atoms with Crippen molar-refractivity contribution in [2.45, 2.75) is 31.0 Å². The summed E-state index contributed by atoms with van der Waals surface area (Å²) in [6, 6.07) is 7.72. The normalized spacial score (nSPS) is 23.6. The maximum atomic E-state index is 12.5. The van der Waals surface area contributed by atoms with Crippen LogP contribution in [0.3, 0.4) is 0 Å². The molecule has 0 aromatic heterocycles. The van der Waals surface area contributed by atoms with Gasteiger partial charge >= 0.3 is 0 Å². The first-order valence-corrected chi connectivity index (χ1v) is 7.37. The number of hydrogen-bond donors (Lipinski definition) is 1. The number of methoxy groups -OCH3 is 1. The molecule has 1 aromatic carbocycles. The van der Waals surface area contributed by atoms with E-state index in [0.29, 0.717) is 18.2 Å². The summed E-state index contributed by atoms with van der Waals surface area (Å²) in [6.45, 7) is 1.37. The Labute approximate surface area is 124 Å². The van der Waals surface area contributed by atoms with Crippen LogP contribution in [0, 0.1) is 0 Å². The van der Waals surface area contributed by atoms with Gasteiger partial charge in [-0.2, -0.15) is 0 Å². The highest BCUT2D eigenvalue weighted by molar-refractivity contribution is 6.30. The van der Waals surface area contributed by atoms with Gasteiger partial charge in [0.2, 0.25) is 5.91 Å². The fraction of sp³-hybridized carbons (Fsp3) is 0.533. The molecule has 1 amide bonds. The zero-order valence-electron chi connectivity index (χ0n) is 11.6. The van der Waals surface area contributed by atoms with Gasteiger partial charge in [0, 0.05) is 25.3 Å². The van der Waals surface area contributed by atoms with Crippen molar-refractivity contribution in [1.82, 2.24) is 10.2 Å². The number of hydrogen-bond acceptors (Lipinski definition) is 3. The molecule has 1 aliphatic heterocycles. The van der Waals surface area contributed by atoms with Crippen LogP contribution in [-0.4, -0.2) is 36.6 Å². The molecule has 2 fully saturated rings. The number of ether oxygens (including phenoxy) is 1. The van der Waals surface area contributed by atoms with Crippen molar-refractivity contribution in [2.24, 2.45) is 0 Å². The number of halogens is 1. The minimum atomic E-state index is -0.305. The van der Waals surface area contributed by atoms with Crippen molar-refractivity contribution >= 4 is 17.5 Å². The summed E-state index contributed by atoms with van der Waals surface area (Å²) in [6.07, 6.45) is 2.64. The van der Waals surface area contributed by atoms with Gasteiger partial charge in [-0.05, 0) is 37.0 Å². The van der Waals surface area contributed by atoms with E-state index in [1.807, 2.05) is 29.2 Å². The molecule has 2 aliphatic rings. The first-order valence-electron chi connectivity index (χ1n) is 6.99. The third kappa shape index (κ3) is 2.43. The van der Waals surface area contributed by atoms with Crippen LogP contribution < -0.4 is 5.32 Å². The van der Waals surface area contributed by atoms with Crippen molar-refractivity contribution in [3.05, 3.63) is 34.9 Å². The van der Waals surface area contributed by atoms with Crippen LogP contribution in [0.2, 0.25) is 5.02 Å². The predicted molar refractivity (Wildman–Crippen MR) is 77.5 cm³/mol. The van der Waals surface area contributed by atoms with Gasteiger partial charge in [-0.1, -0.05) is 23.7 Å². The minimum Gasteiger partial charge on any atom is -0.385 e. The Bertz CT molecular complexity index is 516. The molecule has 3 rings (SSSR count). The molecule has 1 saturated heterocycles.